The standard InChI is InChI=1S/C21H28N2O2/c1-15(2)14-17-18(21(17,3)4)20(25)23-12-10-22(11-13-23)19(24)16-8-6-5-7-9-16/h5-9,14,17-18H,10-13H2,1-4H3. The number of allylic oxidation sites excluding steroid dienone is 2. The van der Waals surface area contributed by atoms with Crippen molar-refractivity contribution in [2.24, 2.45) is 17.3 Å². The second-order valence-corrected chi connectivity index (χ2v) is 8.05. The lowest BCUT2D eigenvalue weighted by molar-refractivity contribution is -0.135. The van der Waals surface area contributed by atoms with Crippen LogP contribution in [0.4, 0.5) is 0 Å². The average molecular weight is 340 g/mol. The molecule has 1 aliphatic heterocycles. The second kappa shape index (κ2) is 6.66. The number of hydrogen-bond donors (Lipinski definition) is 0. The Hall–Kier alpha value is -2.10. The molecule has 2 atom stereocenters. The van der Waals surface area contributed by atoms with Gasteiger partial charge in [0.2, 0.25) is 5.91 Å². The molecule has 3 rings (SSSR count). The van der Waals surface area contributed by atoms with E-state index in [-0.39, 0.29) is 23.1 Å². The van der Waals surface area contributed by atoms with Crippen LogP contribution in [0, 0.1) is 17.3 Å². The van der Waals surface area contributed by atoms with Gasteiger partial charge in [-0.15, -0.1) is 0 Å². The highest BCUT2D eigenvalue weighted by Gasteiger charge is 2.61. The molecule has 1 aliphatic carbocycles. The zero-order valence-corrected chi connectivity index (χ0v) is 15.7. The van der Waals surface area contributed by atoms with E-state index in [1.54, 1.807) is 0 Å². The summed E-state index contributed by atoms with van der Waals surface area (Å²) < 4.78 is 0. The first-order valence-electron chi connectivity index (χ1n) is 9.10. The molecule has 0 bridgehead atoms. The molecule has 2 aliphatic rings. The number of benzene rings is 1. The second-order valence-electron chi connectivity index (χ2n) is 8.05. The van der Waals surface area contributed by atoms with E-state index in [4.69, 9.17) is 0 Å². The van der Waals surface area contributed by atoms with Crippen molar-refractivity contribution < 1.29 is 9.59 Å². The van der Waals surface area contributed by atoms with E-state index in [1.807, 2.05) is 40.1 Å². The van der Waals surface area contributed by atoms with Crippen LogP contribution >= 0.6 is 0 Å². The highest BCUT2D eigenvalue weighted by atomic mass is 16.2. The molecule has 1 saturated heterocycles. The van der Waals surface area contributed by atoms with E-state index in [2.05, 4.69) is 33.8 Å². The lowest BCUT2D eigenvalue weighted by atomic mass is 10.1. The van der Waals surface area contributed by atoms with Crippen LogP contribution in [0.3, 0.4) is 0 Å². The van der Waals surface area contributed by atoms with Gasteiger partial charge < -0.3 is 9.80 Å². The molecule has 1 aromatic carbocycles. The number of carbonyl (C=O) groups is 2. The Morgan fingerprint density at radius 1 is 1.00 bits per heavy atom. The van der Waals surface area contributed by atoms with Gasteiger partial charge in [-0.2, -0.15) is 0 Å². The van der Waals surface area contributed by atoms with E-state index in [0.29, 0.717) is 37.7 Å². The number of piperazine rings is 1. The molecule has 2 amide bonds. The van der Waals surface area contributed by atoms with Crippen molar-refractivity contribution in [3.05, 3.63) is 47.5 Å². The van der Waals surface area contributed by atoms with Crippen LogP contribution in [0.2, 0.25) is 0 Å². The van der Waals surface area contributed by atoms with Crippen LogP contribution < -0.4 is 0 Å². The highest BCUT2D eigenvalue weighted by molar-refractivity contribution is 5.94. The largest absolute Gasteiger partial charge is 0.339 e. The maximum Gasteiger partial charge on any atom is 0.253 e. The molecule has 25 heavy (non-hydrogen) atoms. The third-order valence-corrected chi connectivity index (χ3v) is 5.59. The van der Waals surface area contributed by atoms with Gasteiger partial charge in [0.15, 0.2) is 0 Å². The minimum Gasteiger partial charge on any atom is -0.339 e. The summed E-state index contributed by atoms with van der Waals surface area (Å²) >= 11 is 0. The maximum atomic E-state index is 12.9. The Morgan fingerprint density at radius 3 is 2.12 bits per heavy atom. The lowest BCUT2D eigenvalue weighted by Gasteiger charge is -2.35. The Balaban J connectivity index is 1.59. The van der Waals surface area contributed by atoms with Gasteiger partial charge in [0.1, 0.15) is 0 Å². The molecule has 0 radical (unpaired) electrons. The molecule has 0 N–H and O–H groups in total. The number of amides is 2. The minimum atomic E-state index is 0.0470. The highest BCUT2D eigenvalue weighted by Crippen LogP contribution is 2.60. The van der Waals surface area contributed by atoms with Crippen LogP contribution in [0.25, 0.3) is 0 Å². The van der Waals surface area contributed by atoms with Gasteiger partial charge in [-0.1, -0.05) is 43.7 Å². The molecule has 1 saturated carbocycles. The van der Waals surface area contributed by atoms with Gasteiger partial charge in [0.25, 0.3) is 5.91 Å². The predicted molar refractivity (Wildman–Crippen MR) is 99.1 cm³/mol. The average Bonchev–Trinajstić information content (AvgIpc) is 3.14. The fourth-order valence-corrected chi connectivity index (χ4v) is 3.91. The normalized spacial score (nSPS) is 24.6. The summed E-state index contributed by atoms with van der Waals surface area (Å²) in [6.45, 7) is 11.0. The summed E-state index contributed by atoms with van der Waals surface area (Å²) in [5.41, 5.74) is 2.03. The molecule has 1 aromatic rings. The van der Waals surface area contributed by atoms with Crippen LogP contribution in [0.5, 0.6) is 0 Å². The third-order valence-electron chi connectivity index (χ3n) is 5.59. The fraction of sp³-hybridized carbons (Fsp3) is 0.524. The zero-order chi connectivity index (χ0) is 18.2. The van der Waals surface area contributed by atoms with E-state index in [9.17, 15) is 9.59 Å². The van der Waals surface area contributed by atoms with Crippen molar-refractivity contribution in [1.29, 1.82) is 0 Å². The Labute approximate surface area is 150 Å². The van der Waals surface area contributed by atoms with Crippen LogP contribution in [0.1, 0.15) is 38.1 Å². The predicted octanol–water partition coefficient (Wildman–Crippen LogP) is 3.21. The molecule has 4 heteroatoms. The van der Waals surface area contributed by atoms with Crippen LogP contribution in [0.15, 0.2) is 42.0 Å². The van der Waals surface area contributed by atoms with Crippen LogP contribution in [-0.4, -0.2) is 47.8 Å². The zero-order valence-electron chi connectivity index (χ0n) is 15.7. The lowest BCUT2D eigenvalue weighted by Crippen LogP contribution is -2.51. The van der Waals surface area contributed by atoms with Crippen molar-refractivity contribution in [3.8, 4) is 0 Å². The summed E-state index contributed by atoms with van der Waals surface area (Å²) in [6.07, 6.45) is 2.23. The Morgan fingerprint density at radius 2 is 1.56 bits per heavy atom. The van der Waals surface area contributed by atoms with Gasteiger partial charge in [0.05, 0.1) is 5.92 Å². The number of rotatable bonds is 3. The molecule has 134 valence electrons. The van der Waals surface area contributed by atoms with Gasteiger partial charge in [0, 0.05) is 31.7 Å². The summed E-state index contributed by atoms with van der Waals surface area (Å²) in [5, 5.41) is 0. The first-order chi connectivity index (χ1) is 11.8. The molecule has 0 spiro atoms. The summed E-state index contributed by atoms with van der Waals surface area (Å²) in [5.74, 6) is 0.730. The van der Waals surface area contributed by atoms with E-state index >= 15 is 0 Å². The molecule has 4 nitrogen and oxygen atoms in total. The van der Waals surface area contributed by atoms with Gasteiger partial charge in [-0.05, 0) is 37.3 Å². The number of nitrogens with zero attached hydrogens (tertiary/aromatic N) is 2. The smallest absolute Gasteiger partial charge is 0.253 e. The molecule has 2 fully saturated rings. The van der Waals surface area contributed by atoms with Gasteiger partial charge in [-0.25, -0.2) is 0 Å². The third kappa shape index (κ3) is 3.48. The first kappa shape index (κ1) is 17.7. The van der Waals surface area contributed by atoms with E-state index < -0.39 is 0 Å². The van der Waals surface area contributed by atoms with Crippen molar-refractivity contribution in [3.63, 3.8) is 0 Å². The Bertz CT molecular complexity index is 681. The van der Waals surface area contributed by atoms with E-state index in [1.165, 1.54) is 5.57 Å². The minimum absolute atomic E-state index is 0.0470. The quantitative estimate of drug-likeness (QED) is 0.793. The SMILES string of the molecule is CC(C)=CC1C(C(=O)N2CCN(C(=O)c3ccccc3)CC2)C1(C)C. The van der Waals surface area contributed by atoms with Crippen molar-refractivity contribution in [1.82, 2.24) is 9.80 Å². The summed E-state index contributed by atoms with van der Waals surface area (Å²) in [7, 11) is 0. The number of carbonyl (C=O) groups excluding carboxylic acids is 2. The van der Waals surface area contributed by atoms with Gasteiger partial charge >= 0.3 is 0 Å². The Kier molecular flexibility index (Phi) is 4.72. The van der Waals surface area contributed by atoms with Crippen molar-refractivity contribution in [2.45, 2.75) is 27.7 Å². The van der Waals surface area contributed by atoms with Crippen molar-refractivity contribution in [2.75, 3.05) is 26.2 Å². The maximum absolute atomic E-state index is 12.9. The topological polar surface area (TPSA) is 40.6 Å². The molecular weight excluding hydrogens is 312 g/mol. The molecule has 1 heterocycles. The summed E-state index contributed by atoms with van der Waals surface area (Å²) in [6, 6.07) is 9.36. The summed E-state index contributed by atoms with van der Waals surface area (Å²) in [4.78, 5) is 29.2. The number of hydrogen-bond acceptors (Lipinski definition) is 2. The molecular formula is C21H28N2O2. The fourth-order valence-electron chi connectivity index (χ4n) is 3.91. The van der Waals surface area contributed by atoms with Crippen LogP contribution in [-0.2, 0) is 4.79 Å². The first-order valence-corrected chi connectivity index (χ1v) is 9.10. The molecule has 0 aromatic heterocycles. The van der Waals surface area contributed by atoms with E-state index in [0.717, 1.165) is 0 Å². The molecule has 2 unspecified atom stereocenters. The van der Waals surface area contributed by atoms with Crippen molar-refractivity contribution >= 4 is 11.8 Å². The monoisotopic (exact) mass is 340 g/mol. The van der Waals surface area contributed by atoms with Gasteiger partial charge in [-0.3, -0.25) is 9.59 Å².